The lowest BCUT2D eigenvalue weighted by atomic mass is 10.2. The summed E-state index contributed by atoms with van der Waals surface area (Å²) in [6.07, 6.45) is 1.54. The Labute approximate surface area is 125 Å². The third-order valence-electron chi connectivity index (χ3n) is 3.54. The monoisotopic (exact) mass is 286 g/mol. The molecule has 0 aliphatic rings. The molecule has 1 N–H and O–H groups in total. The molecule has 5 heteroatoms. The number of carbonyl (C=O) groups excluding carboxylic acids is 1. The number of benzene rings is 1. The molecule has 5 nitrogen and oxygen atoms in total. The maximum absolute atomic E-state index is 12.1. The summed E-state index contributed by atoms with van der Waals surface area (Å²) in [7, 11) is 0. The lowest BCUT2D eigenvalue weighted by molar-refractivity contribution is 0.0944. The first-order valence-corrected chi connectivity index (χ1v) is 7.38. The fraction of sp³-hybridized carbons (Fsp3) is 0.438. The first-order chi connectivity index (χ1) is 10.1. The zero-order chi connectivity index (χ0) is 15.2. The number of fused-ring (bicyclic) bond motifs is 1. The second-order valence-electron chi connectivity index (χ2n) is 5.03. The predicted octanol–water partition coefficient (Wildman–Crippen LogP) is 2.01. The van der Waals surface area contributed by atoms with E-state index in [1.165, 1.54) is 6.20 Å². The molecular weight excluding hydrogens is 264 g/mol. The summed E-state index contributed by atoms with van der Waals surface area (Å²) in [5.74, 6) is -0.169. The molecule has 2 aromatic rings. The summed E-state index contributed by atoms with van der Waals surface area (Å²) in [6, 6.07) is 5.83. The SMILES string of the molecule is CCN(CC)CCNC(=O)c1cnc2cc(C)ccc2n1. The number of hydrogen-bond donors (Lipinski definition) is 1. The minimum Gasteiger partial charge on any atom is -0.349 e. The van der Waals surface area contributed by atoms with Crippen molar-refractivity contribution >= 4 is 16.9 Å². The van der Waals surface area contributed by atoms with E-state index in [-0.39, 0.29) is 5.91 Å². The molecule has 21 heavy (non-hydrogen) atoms. The highest BCUT2D eigenvalue weighted by Crippen LogP contribution is 2.11. The molecule has 0 spiro atoms. The van der Waals surface area contributed by atoms with Gasteiger partial charge in [0.2, 0.25) is 0 Å². The second-order valence-corrected chi connectivity index (χ2v) is 5.03. The molecule has 1 heterocycles. The Kier molecular flexibility index (Phi) is 5.22. The summed E-state index contributed by atoms with van der Waals surface area (Å²) < 4.78 is 0. The Morgan fingerprint density at radius 1 is 1.24 bits per heavy atom. The van der Waals surface area contributed by atoms with Gasteiger partial charge in [0.15, 0.2) is 0 Å². The average molecular weight is 286 g/mol. The quantitative estimate of drug-likeness (QED) is 0.882. The van der Waals surface area contributed by atoms with Gasteiger partial charge in [-0.15, -0.1) is 0 Å². The van der Waals surface area contributed by atoms with Crippen LogP contribution in [0, 0.1) is 6.92 Å². The number of aromatic nitrogens is 2. The fourth-order valence-corrected chi connectivity index (χ4v) is 2.19. The van der Waals surface area contributed by atoms with Crippen molar-refractivity contribution < 1.29 is 4.79 Å². The number of likely N-dealkylation sites (N-methyl/N-ethyl adjacent to an activating group) is 1. The molecule has 0 atom stereocenters. The standard InChI is InChI=1S/C16H22N4O/c1-4-20(5-2)9-8-17-16(21)15-11-18-14-10-12(3)6-7-13(14)19-15/h6-7,10-11H,4-5,8-9H2,1-3H3,(H,17,21). The Bertz CT molecular complexity index is 623. The lowest BCUT2D eigenvalue weighted by Crippen LogP contribution is -2.35. The molecule has 1 aromatic heterocycles. The van der Waals surface area contributed by atoms with Crippen LogP contribution in [-0.4, -0.2) is 47.0 Å². The molecule has 0 fully saturated rings. The van der Waals surface area contributed by atoms with Crippen molar-refractivity contribution in [3.63, 3.8) is 0 Å². The highest BCUT2D eigenvalue weighted by molar-refractivity contribution is 5.93. The van der Waals surface area contributed by atoms with Crippen LogP contribution in [0.1, 0.15) is 29.9 Å². The summed E-state index contributed by atoms with van der Waals surface area (Å²) in [6.45, 7) is 9.68. The molecule has 0 unspecified atom stereocenters. The number of amides is 1. The molecule has 1 amide bonds. The smallest absolute Gasteiger partial charge is 0.271 e. The molecule has 0 radical (unpaired) electrons. The van der Waals surface area contributed by atoms with Crippen molar-refractivity contribution in [2.45, 2.75) is 20.8 Å². The van der Waals surface area contributed by atoms with Crippen molar-refractivity contribution in [1.82, 2.24) is 20.2 Å². The van der Waals surface area contributed by atoms with Crippen molar-refractivity contribution in [2.24, 2.45) is 0 Å². The van der Waals surface area contributed by atoms with Crippen molar-refractivity contribution in [3.05, 3.63) is 35.7 Å². The minimum absolute atomic E-state index is 0.169. The number of aryl methyl sites for hydroxylation is 1. The maximum atomic E-state index is 12.1. The predicted molar refractivity (Wildman–Crippen MR) is 84.4 cm³/mol. The van der Waals surface area contributed by atoms with E-state index >= 15 is 0 Å². The topological polar surface area (TPSA) is 58.1 Å². The molecule has 0 saturated heterocycles. The maximum Gasteiger partial charge on any atom is 0.271 e. The van der Waals surface area contributed by atoms with Gasteiger partial charge in [-0.25, -0.2) is 4.98 Å². The summed E-state index contributed by atoms with van der Waals surface area (Å²) >= 11 is 0. The van der Waals surface area contributed by atoms with Crippen LogP contribution in [0.4, 0.5) is 0 Å². The molecule has 0 bridgehead atoms. The van der Waals surface area contributed by atoms with E-state index in [1.54, 1.807) is 0 Å². The minimum atomic E-state index is -0.169. The Balaban J connectivity index is 2.01. The van der Waals surface area contributed by atoms with Crippen molar-refractivity contribution in [3.8, 4) is 0 Å². The van der Waals surface area contributed by atoms with Crippen LogP contribution in [0.25, 0.3) is 11.0 Å². The molecule has 0 saturated carbocycles. The van der Waals surface area contributed by atoms with Gasteiger partial charge in [0.1, 0.15) is 5.69 Å². The number of nitrogens with zero attached hydrogens (tertiary/aromatic N) is 3. The van der Waals surface area contributed by atoms with E-state index in [1.807, 2.05) is 25.1 Å². The highest BCUT2D eigenvalue weighted by atomic mass is 16.1. The van der Waals surface area contributed by atoms with Gasteiger partial charge < -0.3 is 10.2 Å². The highest BCUT2D eigenvalue weighted by Gasteiger charge is 2.09. The Morgan fingerprint density at radius 2 is 2.00 bits per heavy atom. The Hall–Kier alpha value is -2.01. The number of carbonyl (C=O) groups is 1. The van der Waals surface area contributed by atoms with Crippen LogP contribution in [0.2, 0.25) is 0 Å². The van der Waals surface area contributed by atoms with Gasteiger partial charge in [0.25, 0.3) is 5.91 Å². The van der Waals surface area contributed by atoms with E-state index < -0.39 is 0 Å². The summed E-state index contributed by atoms with van der Waals surface area (Å²) in [5.41, 5.74) is 3.06. The number of hydrogen-bond acceptors (Lipinski definition) is 4. The van der Waals surface area contributed by atoms with E-state index in [0.717, 1.165) is 36.2 Å². The van der Waals surface area contributed by atoms with Crippen LogP contribution < -0.4 is 5.32 Å². The van der Waals surface area contributed by atoms with E-state index in [0.29, 0.717) is 12.2 Å². The fourth-order valence-electron chi connectivity index (χ4n) is 2.19. The molecular formula is C16H22N4O. The molecule has 2 rings (SSSR count). The molecule has 0 aliphatic heterocycles. The van der Waals surface area contributed by atoms with Crippen LogP contribution >= 0.6 is 0 Å². The van der Waals surface area contributed by atoms with Gasteiger partial charge >= 0.3 is 0 Å². The van der Waals surface area contributed by atoms with Crippen LogP contribution in [0.3, 0.4) is 0 Å². The third-order valence-corrected chi connectivity index (χ3v) is 3.54. The van der Waals surface area contributed by atoms with E-state index in [9.17, 15) is 4.79 Å². The van der Waals surface area contributed by atoms with Crippen molar-refractivity contribution in [2.75, 3.05) is 26.2 Å². The second kappa shape index (κ2) is 7.13. The van der Waals surface area contributed by atoms with Crippen molar-refractivity contribution in [1.29, 1.82) is 0 Å². The van der Waals surface area contributed by atoms with Crippen LogP contribution in [0.5, 0.6) is 0 Å². The molecule has 1 aromatic carbocycles. The Morgan fingerprint density at radius 3 is 2.71 bits per heavy atom. The zero-order valence-electron chi connectivity index (χ0n) is 12.9. The first-order valence-electron chi connectivity index (χ1n) is 7.38. The zero-order valence-corrected chi connectivity index (χ0v) is 12.9. The van der Waals surface area contributed by atoms with Gasteiger partial charge in [-0.2, -0.15) is 0 Å². The van der Waals surface area contributed by atoms with Gasteiger partial charge in [-0.1, -0.05) is 19.9 Å². The largest absolute Gasteiger partial charge is 0.349 e. The van der Waals surface area contributed by atoms with E-state index in [2.05, 4.69) is 34.0 Å². The van der Waals surface area contributed by atoms with E-state index in [4.69, 9.17) is 0 Å². The number of nitrogens with one attached hydrogen (secondary N) is 1. The van der Waals surface area contributed by atoms with Gasteiger partial charge in [0.05, 0.1) is 17.2 Å². The average Bonchev–Trinajstić information content (AvgIpc) is 2.50. The van der Waals surface area contributed by atoms with Crippen LogP contribution in [0.15, 0.2) is 24.4 Å². The molecule has 112 valence electrons. The van der Waals surface area contributed by atoms with Gasteiger partial charge in [-0.3, -0.25) is 9.78 Å². The third kappa shape index (κ3) is 3.98. The lowest BCUT2D eigenvalue weighted by Gasteiger charge is -2.17. The first kappa shape index (κ1) is 15.4. The number of rotatable bonds is 6. The van der Waals surface area contributed by atoms with Gasteiger partial charge in [0, 0.05) is 13.1 Å². The summed E-state index contributed by atoms with van der Waals surface area (Å²) in [5, 5.41) is 2.89. The van der Waals surface area contributed by atoms with Gasteiger partial charge in [-0.05, 0) is 37.7 Å². The summed E-state index contributed by atoms with van der Waals surface area (Å²) in [4.78, 5) is 23.0. The molecule has 0 aliphatic carbocycles. The van der Waals surface area contributed by atoms with Crippen LogP contribution in [-0.2, 0) is 0 Å². The normalized spacial score (nSPS) is 11.0.